The average Bonchev–Trinajstić information content (AvgIpc) is 2.58. The van der Waals surface area contributed by atoms with Crippen LogP contribution in [0.15, 0.2) is 78.3 Å². The van der Waals surface area contributed by atoms with Crippen molar-refractivity contribution in [1.82, 2.24) is 15.0 Å². The normalized spacial score (nSPS) is 11.1. The van der Waals surface area contributed by atoms with Crippen LogP contribution in [-0.4, -0.2) is 20.7 Å². The zero-order valence-corrected chi connectivity index (χ0v) is 11.2. The van der Waals surface area contributed by atoms with Crippen LogP contribution in [0.2, 0.25) is 0 Å². The molecule has 5 nitrogen and oxygen atoms in total. The first-order valence-electron chi connectivity index (χ1n) is 6.51. The summed E-state index contributed by atoms with van der Waals surface area (Å²) in [6.07, 6.45) is 5.10. The van der Waals surface area contributed by atoms with Gasteiger partial charge in [0.05, 0.1) is 0 Å². The molecule has 0 saturated carbocycles. The third-order valence-corrected chi connectivity index (χ3v) is 2.77. The van der Waals surface area contributed by atoms with E-state index in [-0.39, 0.29) is 0 Å². The van der Waals surface area contributed by atoms with Gasteiger partial charge in [-0.2, -0.15) is 5.10 Å². The van der Waals surface area contributed by atoms with Gasteiger partial charge in [-0.05, 0) is 18.2 Å². The third kappa shape index (κ3) is 3.27. The zero-order valence-electron chi connectivity index (χ0n) is 11.2. The van der Waals surface area contributed by atoms with E-state index < -0.39 is 0 Å². The van der Waals surface area contributed by atoms with Gasteiger partial charge in [0, 0.05) is 24.2 Å². The maximum Gasteiger partial charge on any atom is 0.180 e. The zero-order chi connectivity index (χ0) is 14.3. The van der Waals surface area contributed by atoms with Crippen LogP contribution in [0.1, 0.15) is 11.4 Å². The van der Waals surface area contributed by atoms with Crippen molar-refractivity contribution in [2.45, 2.75) is 0 Å². The second-order valence-electron chi connectivity index (χ2n) is 4.23. The highest BCUT2D eigenvalue weighted by molar-refractivity contribution is 6.10. The van der Waals surface area contributed by atoms with Crippen molar-refractivity contribution in [1.29, 1.82) is 0 Å². The topological polar surface area (TPSA) is 63.1 Å². The number of anilines is 1. The minimum absolute atomic E-state index is 0.562. The molecule has 0 radical (unpaired) electrons. The molecular formula is C16H13N5. The Morgan fingerprint density at radius 3 is 2.19 bits per heavy atom. The third-order valence-electron chi connectivity index (χ3n) is 2.77. The fourth-order valence-electron chi connectivity index (χ4n) is 1.80. The number of hydrogen-bond acceptors (Lipinski definition) is 5. The molecule has 0 aliphatic rings. The Morgan fingerprint density at radius 1 is 0.762 bits per heavy atom. The number of nitrogens with zero attached hydrogens (tertiary/aromatic N) is 4. The first kappa shape index (κ1) is 12.9. The van der Waals surface area contributed by atoms with Crippen molar-refractivity contribution in [3.8, 4) is 0 Å². The summed E-state index contributed by atoms with van der Waals surface area (Å²) in [5, 5.41) is 4.41. The summed E-state index contributed by atoms with van der Waals surface area (Å²) in [5.74, 6) is 1.23. The molecule has 1 aromatic carbocycles. The number of nitrogens with one attached hydrogen (secondary N) is 1. The second-order valence-corrected chi connectivity index (χ2v) is 4.23. The molecule has 0 aliphatic heterocycles. The molecule has 0 bridgehead atoms. The highest BCUT2D eigenvalue weighted by atomic mass is 15.3. The molecule has 21 heavy (non-hydrogen) atoms. The van der Waals surface area contributed by atoms with Gasteiger partial charge in [0.25, 0.3) is 0 Å². The Morgan fingerprint density at radius 2 is 1.48 bits per heavy atom. The molecule has 0 fully saturated rings. The highest BCUT2D eigenvalue weighted by Crippen LogP contribution is 2.08. The lowest BCUT2D eigenvalue weighted by molar-refractivity contribution is 1.12. The lowest BCUT2D eigenvalue weighted by atomic mass is 10.1. The molecule has 2 heterocycles. The summed E-state index contributed by atoms with van der Waals surface area (Å²) in [4.78, 5) is 12.7. The van der Waals surface area contributed by atoms with Gasteiger partial charge in [0.15, 0.2) is 5.82 Å². The average molecular weight is 275 g/mol. The lowest BCUT2D eigenvalue weighted by Gasteiger charge is -2.06. The fraction of sp³-hybridized carbons (Fsp3) is 0. The minimum atomic E-state index is 0.562. The van der Waals surface area contributed by atoms with Crippen LogP contribution >= 0.6 is 0 Å². The first-order chi connectivity index (χ1) is 10.4. The number of hydrazone groups is 1. The summed E-state index contributed by atoms with van der Waals surface area (Å²) in [6.45, 7) is 0. The van der Waals surface area contributed by atoms with E-state index in [9.17, 15) is 0 Å². The molecule has 102 valence electrons. The molecule has 0 amide bonds. The van der Waals surface area contributed by atoms with Crippen LogP contribution < -0.4 is 5.43 Å². The predicted molar refractivity (Wildman–Crippen MR) is 82.0 cm³/mol. The van der Waals surface area contributed by atoms with Gasteiger partial charge < -0.3 is 0 Å². The fourth-order valence-corrected chi connectivity index (χ4v) is 1.80. The Labute approximate surface area is 122 Å². The van der Waals surface area contributed by atoms with E-state index in [0.717, 1.165) is 5.56 Å². The van der Waals surface area contributed by atoms with Crippen LogP contribution in [0.4, 0.5) is 5.82 Å². The molecule has 5 heteroatoms. The van der Waals surface area contributed by atoms with Crippen LogP contribution in [0.5, 0.6) is 0 Å². The monoisotopic (exact) mass is 275 g/mol. The molecule has 0 aliphatic carbocycles. The van der Waals surface area contributed by atoms with Crippen molar-refractivity contribution in [3.05, 3.63) is 84.6 Å². The molecule has 0 saturated heterocycles. The molecule has 0 atom stereocenters. The van der Waals surface area contributed by atoms with Crippen molar-refractivity contribution in [3.63, 3.8) is 0 Å². The van der Waals surface area contributed by atoms with Crippen LogP contribution in [-0.2, 0) is 0 Å². The number of aromatic nitrogens is 3. The van der Waals surface area contributed by atoms with E-state index in [4.69, 9.17) is 0 Å². The highest BCUT2D eigenvalue weighted by Gasteiger charge is 2.09. The van der Waals surface area contributed by atoms with E-state index in [1.165, 1.54) is 0 Å². The van der Waals surface area contributed by atoms with Crippen LogP contribution in [0.25, 0.3) is 0 Å². The van der Waals surface area contributed by atoms with Crippen LogP contribution in [0.3, 0.4) is 0 Å². The van der Waals surface area contributed by atoms with Gasteiger partial charge in [-0.3, -0.25) is 5.43 Å². The molecule has 2 aromatic heterocycles. The SMILES string of the molecule is c1ccc(/C(=N/Nc2ccccn2)c2ncccn2)cc1. The standard InChI is InChI=1S/C16H13N5/c1-2-7-13(8-3-1)15(16-18-11-6-12-19-16)21-20-14-9-4-5-10-17-14/h1-12H,(H,17,20)/b21-15-. The van der Waals surface area contributed by atoms with Crippen molar-refractivity contribution >= 4 is 11.5 Å². The first-order valence-corrected chi connectivity index (χ1v) is 6.51. The maximum absolute atomic E-state index is 4.41. The molecule has 1 N–H and O–H groups in total. The summed E-state index contributed by atoms with van der Waals surface area (Å²) >= 11 is 0. The van der Waals surface area contributed by atoms with Gasteiger partial charge in [-0.15, -0.1) is 0 Å². The van der Waals surface area contributed by atoms with E-state index in [2.05, 4.69) is 25.5 Å². The van der Waals surface area contributed by atoms with Crippen molar-refractivity contribution in [2.75, 3.05) is 5.43 Å². The predicted octanol–water partition coefficient (Wildman–Crippen LogP) is 2.74. The van der Waals surface area contributed by atoms with Crippen LogP contribution in [0, 0.1) is 0 Å². The summed E-state index contributed by atoms with van der Waals surface area (Å²) in [6, 6.07) is 17.2. The molecule has 0 spiro atoms. The maximum atomic E-state index is 4.41. The Bertz CT molecular complexity index is 670. The molecule has 3 aromatic rings. The quantitative estimate of drug-likeness (QED) is 0.587. The van der Waals surface area contributed by atoms with E-state index in [1.807, 2.05) is 48.5 Å². The van der Waals surface area contributed by atoms with Crippen molar-refractivity contribution < 1.29 is 0 Å². The number of rotatable bonds is 4. The summed E-state index contributed by atoms with van der Waals surface area (Å²) in [7, 11) is 0. The molecule has 0 unspecified atom stereocenters. The minimum Gasteiger partial charge on any atom is -0.261 e. The Kier molecular flexibility index (Phi) is 3.93. The number of benzene rings is 1. The van der Waals surface area contributed by atoms with Gasteiger partial charge >= 0.3 is 0 Å². The van der Waals surface area contributed by atoms with Gasteiger partial charge in [-0.1, -0.05) is 36.4 Å². The van der Waals surface area contributed by atoms with E-state index in [1.54, 1.807) is 24.7 Å². The number of hydrogen-bond donors (Lipinski definition) is 1. The smallest absolute Gasteiger partial charge is 0.180 e. The summed E-state index contributed by atoms with van der Waals surface area (Å²) in [5.41, 5.74) is 4.54. The Hall–Kier alpha value is -3.08. The Balaban J connectivity index is 1.97. The molecule has 3 rings (SSSR count). The second kappa shape index (κ2) is 6.38. The van der Waals surface area contributed by atoms with Crippen molar-refractivity contribution in [2.24, 2.45) is 5.10 Å². The lowest BCUT2D eigenvalue weighted by Crippen LogP contribution is -2.10. The van der Waals surface area contributed by atoms with Gasteiger partial charge in [-0.25, -0.2) is 15.0 Å². The molecular weight excluding hydrogens is 262 g/mol. The van der Waals surface area contributed by atoms with Gasteiger partial charge in [0.1, 0.15) is 11.5 Å². The van der Waals surface area contributed by atoms with E-state index >= 15 is 0 Å². The summed E-state index contributed by atoms with van der Waals surface area (Å²) < 4.78 is 0. The van der Waals surface area contributed by atoms with E-state index in [0.29, 0.717) is 17.4 Å². The van der Waals surface area contributed by atoms with Gasteiger partial charge in [0.2, 0.25) is 0 Å². The largest absolute Gasteiger partial charge is 0.261 e. The number of pyridine rings is 1.